The molecule has 1 saturated carbocycles. The summed E-state index contributed by atoms with van der Waals surface area (Å²) in [5.41, 5.74) is 2.26. The Labute approximate surface area is 114 Å². The molecule has 0 amide bonds. The van der Waals surface area contributed by atoms with Gasteiger partial charge in [-0.1, -0.05) is 38.5 Å². The highest BCUT2D eigenvalue weighted by Gasteiger charge is 2.20. The van der Waals surface area contributed by atoms with Crippen LogP contribution in [0.4, 0.5) is 0 Å². The summed E-state index contributed by atoms with van der Waals surface area (Å²) in [5, 5.41) is 0.573. The average molecular weight is 262 g/mol. The van der Waals surface area contributed by atoms with Gasteiger partial charge in [0, 0.05) is 10.8 Å². The first kappa shape index (κ1) is 13.7. The highest BCUT2D eigenvalue weighted by atomic mass is 32.2. The van der Waals surface area contributed by atoms with E-state index < -0.39 is 0 Å². The topological polar surface area (TPSA) is 17.1 Å². The van der Waals surface area contributed by atoms with Gasteiger partial charge in [0.1, 0.15) is 0 Å². The monoisotopic (exact) mass is 262 g/mol. The molecule has 1 aromatic rings. The van der Waals surface area contributed by atoms with Gasteiger partial charge in [-0.3, -0.25) is 4.79 Å². The molecule has 1 aliphatic carbocycles. The van der Waals surface area contributed by atoms with Crippen LogP contribution in [0.1, 0.15) is 61.4 Å². The SMILES string of the molecule is CCC(C)SCC(=O)c1cccc(C2CCC2)c1. The number of thioether (sulfide) groups is 1. The molecule has 1 fully saturated rings. The van der Waals surface area contributed by atoms with Crippen molar-refractivity contribution in [2.24, 2.45) is 0 Å². The molecule has 0 spiro atoms. The summed E-state index contributed by atoms with van der Waals surface area (Å²) in [4.78, 5) is 12.1. The molecule has 0 aromatic heterocycles. The van der Waals surface area contributed by atoms with Crippen LogP contribution < -0.4 is 0 Å². The molecule has 1 nitrogen and oxygen atoms in total. The van der Waals surface area contributed by atoms with Crippen molar-refractivity contribution in [1.29, 1.82) is 0 Å². The maximum atomic E-state index is 12.1. The van der Waals surface area contributed by atoms with Gasteiger partial charge < -0.3 is 0 Å². The number of hydrogen-bond acceptors (Lipinski definition) is 2. The number of carbonyl (C=O) groups excluding carboxylic acids is 1. The summed E-state index contributed by atoms with van der Waals surface area (Å²) in [5.74, 6) is 1.60. The Bertz CT molecular complexity index is 409. The van der Waals surface area contributed by atoms with Crippen molar-refractivity contribution in [2.75, 3.05) is 5.75 Å². The maximum absolute atomic E-state index is 12.1. The molecule has 18 heavy (non-hydrogen) atoms. The predicted octanol–water partition coefficient (Wildman–Crippen LogP) is 4.67. The van der Waals surface area contributed by atoms with Crippen molar-refractivity contribution in [2.45, 2.75) is 50.7 Å². The lowest BCUT2D eigenvalue weighted by atomic mass is 9.79. The summed E-state index contributed by atoms with van der Waals surface area (Å²) >= 11 is 1.76. The largest absolute Gasteiger partial charge is 0.293 e. The van der Waals surface area contributed by atoms with Gasteiger partial charge in [-0.2, -0.15) is 11.8 Å². The molecule has 1 aliphatic rings. The first-order valence-electron chi connectivity index (χ1n) is 6.95. The predicted molar refractivity (Wildman–Crippen MR) is 79.6 cm³/mol. The van der Waals surface area contributed by atoms with E-state index in [1.54, 1.807) is 11.8 Å². The van der Waals surface area contributed by atoms with Gasteiger partial charge in [0.05, 0.1) is 5.75 Å². The van der Waals surface area contributed by atoms with Crippen LogP contribution in [-0.4, -0.2) is 16.8 Å². The van der Waals surface area contributed by atoms with E-state index in [1.165, 1.54) is 24.8 Å². The summed E-state index contributed by atoms with van der Waals surface area (Å²) < 4.78 is 0. The van der Waals surface area contributed by atoms with E-state index in [9.17, 15) is 4.79 Å². The fourth-order valence-corrected chi connectivity index (χ4v) is 2.97. The van der Waals surface area contributed by atoms with Crippen LogP contribution in [0.2, 0.25) is 0 Å². The van der Waals surface area contributed by atoms with Gasteiger partial charge >= 0.3 is 0 Å². The van der Waals surface area contributed by atoms with Gasteiger partial charge in [0.15, 0.2) is 5.78 Å². The quantitative estimate of drug-likeness (QED) is 0.693. The van der Waals surface area contributed by atoms with Gasteiger partial charge in [0.25, 0.3) is 0 Å². The third-order valence-electron chi connectivity index (χ3n) is 3.86. The second kappa shape index (κ2) is 6.42. The van der Waals surface area contributed by atoms with Crippen molar-refractivity contribution in [3.8, 4) is 0 Å². The highest BCUT2D eigenvalue weighted by Crippen LogP contribution is 2.36. The average Bonchev–Trinajstić information content (AvgIpc) is 2.33. The van der Waals surface area contributed by atoms with Crippen LogP contribution >= 0.6 is 11.8 Å². The van der Waals surface area contributed by atoms with Crippen LogP contribution in [0.15, 0.2) is 24.3 Å². The zero-order valence-corrected chi connectivity index (χ0v) is 12.1. The highest BCUT2D eigenvalue weighted by molar-refractivity contribution is 8.00. The van der Waals surface area contributed by atoms with E-state index >= 15 is 0 Å². The number of rotatable bonds is 6. The van der Waals surface area contributed by atoms with E-state index in [2.05, 4.69) is 26.0 Å². The van der Waals surface area contributed by atoms with Crippen molar-refractivity contribution < 1.29 is 4.79 Å². The summed E-state index contributed by atoms with van der Waals surface area (Å²) in [7, 11) is 0. The van der Waals surface area contributed by atoms with Crippen LogP contribution in [0, 0.1) is 0 Å². The summed E-state index contributed by atoms with van der Waals surface area (Å²) in [6.07, 6.45) is 5.05. The van der Waals surface area contributed by atoms with Gasteiger partial charge in [-0.25, -0.2) is 0 Å². The number of carbonyl (C=O) groups is 1. The van der Waals surface area contributed by atoms with E-state index in [0.29, 0.717) is 16.9 Å². The Kier molecular flexibility index (Phi) is 4.87. The lowest BCUT2D eigenvalue weighted by Crippen LogP contribution is -2.11. The van der Waals surface area contributed by atoms with Gasteiger partial charge in [-0.15, -0.1) is 0 Å². The standard InChI is InChI=1S/C16H22OS/c1-3-12(2)18-11-16(17)15-9-5-8-14(10-15)13-6-4-7-13/h5,8-10,12-13H,3-4,6-7,11H2,1-2H3. The third-order valence-corrected chi connectivity index (χ3v) is 5.19. The molecule has 1 atom stereocenters. The second-order valence-corrected chi connectivity index (χ2v) is 6.63. The van der Waals surface area contributed by atoms with E-state index in [0.717, 1.165) is 12.0 Å². The second-order valence-electron chi connectivity index (χ2n) is 5.21. The lowest BCUT2D eigenvalue weighted by Gasteiger charge is -2.26. The molecule has 1 aromatic carbocycles. The number of benzene rings is 1. The Morgan fingerprint density at radius 2 is 2.22 bits per heavy atom. The minimum absolute atomic E-state index is 0.279. The summed E-state index contributed by atoms with van der Waals surface area (Å²) in [6.45, 7) is 4.35. The summed E-state index contributed by atoms with van der Waals surface area (Å²) in [6, 6.07) is 8.28. The number of ketones is 1. The zero-order valence-electron chi connectivity index (χ0n) is 11.3. The van der Waals surface area contributed by atoms with Crippen LogP contribution in [0.3, 0.4) is 0 Å². The smallest absolute Gasteiger partial charge is 0.172 e. The van der Waals surface area contributed by atoms with Crippen LogP contribution in [0.25, 0.3) is 0 Å². The molecular formula is C16H22OS. The van der Waals surface area contributed by atoms with Crippen molar-refractivity contribution >= 4 is 17.5 Å². The first-order valence-corrected chi connectivity index (χ1v) is 8.00. The Balaban J connectivity index is 1.96. The molecule has 0 heterocycles. The van der Waals surface area contributed by atoms with Crippen molar-refractivity contribution in [3.05, 3.63) is 35.4 Å². The Morgan fingerprint density at radius 3 is 2.83 bits per heavy atom. The molecule has 2 rings (SSSR count). The Morgan fingerprint density at radius 1 is 1.44 bits per heavy atom. The molecule has 0 radical (unpaired) electrons. The first-order chi connectivity index (χ1) is 8.70. The van der Waals surface area contributed by atoms with Gasteiger partial charge in [0.2, 0.25) is 0 Å². The molecule has 0 saturated heterocycles. The zero-order chi connectivity index (χ0) is 13.0. The van der Waals surface area contributed by atoms with Gasteiger partial charge in [-0.05, 0) is 36.8 Å². The van der Waals surface area contributed by atoms with E-state index in [4.69, 9.17) is 0 Å². The molecule has 2 heteroatoms. The molecule has 98 valence electrons. The fourth-order valence-electron chi connectivity index (χ4n) is 2.13. The third kappa shape index (κ3) is 3.38. The molecule has 0 bridgehead atoms. The number of Topliss-reactive ketones (excluding diaryl/α,β-unsaturated/α-hetero) is 1. The molecule has 1 unspecified atom stereocenters. The van der Waals surface area contributed by atoms with Crippen LogP contribution in [0.5, 0.6) is 0 Å². The van der Waals surface area contributed by atoms with Crippen molar-refractivity contribution in [1.82, 2.24) is 0 Å². The van der Waals surface area contributed by atoms with E-state index in [-0.39, 0.29) is 5.78 Å². The fraction of sp³-hybridized carbons (Fsp3) is 0.562. The lowest BCUT2D eigenvalue weighted by molar-refractivity contribution is 0.102. The minimum atomic E-state index is 0.279. The molecular weight excluding hydrogens is 240 g/mol. The maximum Gasteiger partial charge on any atom is 0.172 e. The molecule has 0 N–H and O–H groups in total. The minimum Gasteiger partial charge on any atom is -0.293 e. The van der Waals surface area contributed by atoms with Crippen LogP contribution in [-0.2, 0) is 0 Å². The Hall–Kier alpha value is -0.760. The number of hydrogen-bond donors (Lipinski definition) is 0. The normalized spacial score (nSPS) is 17.2. The molecule has 0 aliphatic heterocycles. The van der Waals surface area contributed by atoms with E-state index in [1.807, 2.05) is 12.1 Å². The van der Waals surface area contributed by atoms with Crippen molar-refractivity contribution in [3.63, 3.8) is 0 Å².